The van der Waals surface area contributed by atoms with Gasteiger partial charge < -0.3 is 5.11 Å². The van der Waals surface area contributed by atoms with Gasteiger partial charge in [0.25, 0.3) is 0 Å². The number of aliphatic hydroxyl groups is 1. The van der Waals surface area contributed by atoms with Crippen LogP contribution in [0.2, 0.25) is 0 Å². The number of aryl methyl sites for hydroxylation is 1. The number of hydrogen-bond acceptors (Lipinski definition) is 3. The van der Waals surface area contributed by atoms with Gasteiger partial charge in [-0.05, 0) is 30.0 Å². The van der Waals surface area contributed by atoms with Crippen LogP contribution in [0.25, 0.3) is 0 Å². The van der Waals surface area contributed by atoms with E-state index < -0.39 is 5.41 Å². The fourth-order valence-corrected chi connectivity index (χ4v) is 3.47. The standard InChI is InChI=1S/C21H23NO3/c1-3-21(18-10-4-15(2)5-11-18)12-19(24)22(20(21)25)13-16-6-8-17(14-23)9-7-16/h4-11,23H,3,12-14H2,1-2H3. The lowest BCUT2D eigenvalue weighted by molar-refractivity contribution is -0.140. The molecule has 2 aromatic rings. The maximum Gasteiger partial charge on any atom is 0.240 e. The van der Waals surface area contributed by atoms with Gasteiger partial charge >= 0.3 is 0 Å². The van der Waals surface area contributed by atoms with Crippen LogP contribution in [0, 0.1) is 6.92 Å². The number of benzene rings is 2. The van der Waals surface area contributed by atoms with Crippen molar-refractivity contribution < 1.29 is 14.7 Å². The zero-order chi connectivity index (χ0) is 18.0. The predicted octanol–water partition coefficient (Wildman–Crippen LogP) is 3.09. The highest BCUT2D eigenvalue weighted by atomic mass is 16.3. The molecule has 0 spiro atoms. The molecule has 0 radical (unpaired) electrons. The molecule has 0 aliphatic carbocycles. The lowest BCUT2D eigenvalue weighted by Crippen LogP contribution is -2.37. The average Bonchev–Trinajstić information content (AvgIpc) is 2.88. The van der Waals surface area contributed by atoms with Crippen LogP contribution >= 0.6 is 0 Å². The summed E-state index contributed by atoms with van der Waals surface area (Å²) in [6, 6.07) is 15.2. The number of imide groups is 1. The second-order valence-corrected chi connectivity index (χ2v) is 6.74. The molecule has 0 bridgehead atoms. The highest BCUT2D eigenvalue weighted by Gasteiger charge is 2.51. The summed E-state index contributed by atoms with van der Waals surface area (Å²) in [6.07, 6.45) is 0.820. The first-order valence-electron chi connectivity index (χ1n) is 8.61. The van der Waals surface area contributed by atoms with Crippen molar-refractivity contribution in [2.24, 2.45) is 0 Å². The largest absolute Gasteiger partial charge is 0.392 e. The van der Waals surface area contributed by atoms with Crippen LogP contribution in [0.1, 0.15) is 42.0 Å². The van der Waals surface area contributed by atoms with Crippen LogP contribution in [-0.4, -0.2) is 21.8 Å². The Labute approximate surface area is 148 Å². The van der Waals surface area contributed by atoms with E-state index in [2.05, 4.69) is 0 Å². The third-order valence-electron chi connectivity index (χ3n) is 5.16. The number of likely N-dealkylation sites (tertiary alicyclic amines) is 1. The van der Waals surface area contributed by atoms with Gasteiger partial charge in [0.2, 0.25) is 11.8 Å². The summed E-state index contributed by atoms with van der Waals surface area (Å²) in [5, 5.41) is 9.12. The summed E-state index contributed by atoms with van der Waals surface area (Å²) in [6.45, 7) is 4.22. The van der Waals surface area contributed by atoms with Crippen molar-refractivity contribution in [1.29, 1.82) is 0 Å². The van der Waals surface area contributed by atoms with E-state index in [9.17, 15) is 9.59 Å². The SMILES string of the molecule is CCC1(c2ccc(C)cc2)CC(=O)N(Cc2ccc(CO)cc2)C1=O. The smallest absolute Gasteiger partial charge is 0.240 e. The predicted molar refractivity (Wildman–Crippen MR) is 95.7 cm³/mol. The summed E-state index contributed by atoms with van der Waals surface area (Å²) in [4.78, 5) is 27.1. The molecule has 3 rings (SSSR count). The van der Waals surface area contributed by atoms with Crippen LogP contribution in [0.4, 0.5) is 0 Å². The van der Waals surface area contributed by atoms with Crippen molar-refractivity contribution in [2.75, 3.05) is 0 Å². The molecule has 1 atom stereocenters. The molecule has 4 nitrogen and oxygen atoms in total. The Kier molecular flexibility index (Phi) is 4.73. The van der Waals surface area contributed by atoms with Gasteiger partial charge in [0.15, 0.2) is 0 Å². The van der Waals surface area contributed by atoms with E-state index in [1.54, 1.807) is 0 Å². The minimum atomic E-state index is -0.754. The van der Waals surface area contributed by atoms with E-state index in [1.165, 1.54) is 4.90 Å². The molecule has 4 heteroatoms. The molecule has 1 saturated heterocycles. The van der Waals surface area contributed by atoms with E-state index in [1.807, 2.05) is 62.4 Å². The normalized spacial score (nSPS) is 20.4. The number of carbonyl (C=O) groups excluding carboxylic acids is 2. The first-order valence-corrected chi connectivity index (χ1v) is 8.61. The minimum absolute atomic E-state index is 0.0196. The summed E-state index contributed by atoms with van der Waals surface area (Å²) in [7, 11) is 0. The Morgan fingerprint density at radius 1 is 1.00 bits per heavy atom. The molecular weight excluding hydrogens is 314 g/mol. The number of nitrogens with zero attached hydrogens (tertiary/aromatic N) is 1. The Hall–Kier alpha value is -2.46. The average molecular weight is 337 g/mol. The van der Waals surface area contributed by atoms with E-state index >= 15 is 0 Å². The molecule has 2 aromatic carbocycles. The summed E-state index contributed by atoms with van der Waals surface area (Å²) in [5.41, 5.74) is 2.99. The molecule has 1 heterocycles. The molecule has 25 heavy (non-hydrogen) atoms. The van der Waals surface area contributed by atoms with Crippen LogP contribution in [0.5, 0.6) is 0 Å². The Morgan fingerprint density at radius 3 is 2.16 bits per heavy atom. The summed E-state index contributed by atoms with van der Waals surface area (Å²) < 4.78 is 0. The van der Waals surface area contributed by atoms with Gasteiger partial charge in [-0.15, -0.1) is 0 Å². The quantitative estimate of drug-likeness (QED) is 0.853. The molecule has 1 aliphatic rings. The van der Waals surface area contributed by atoms with E-state index in [-0.39, 0.29) is 31.4 Å². The van der Waals surface area contributed by atoms with Gasteiger partial charge in [-0.3, -0.25) is 14.5 Å². The van der Waals surface area contributed by atoms with Crippen molar-refractivity contribution in [3.63, 3.8) is 0 Å². The van der Waals surface area contributed by atoms with Crippen LogP contribution in [0.15, 0.2) is 48.5 Å². The molecule has 130 valence electrons. The van der Waals surface area contributed by atoms with Crippen LogP contribution in [0.3, 0.4) is 0 Å². The number of aliphatic hydroxyl groups excluding tert-OH is 1. The zero-order valence-electron chi connectivity index (χ0n) is 14.7. The van der Waals surface area contributed by atoms with Gasteiger partial charge in [0.1, 0.15) is 0 Å². The van der Waals surface area contributed by atoms with Crippen molar-refractivity contribution >= 4 is 11.8 Å². The summed E-state index contributed by atoms with van der Waals surface area (Å²) >= 11 is 0. The van der Waals surface area contributed by atoms with Crippen molar-refractivity contribution in [3.05, 3.63) is 70.8 Å². The fraction of sp³-hybridized carbons (Fsp3) is 0.333. The lowest BCUT2D eigenvalue weighted by Gasteiger charge is -2.26. The summed E-state index contributed by atoms with van der Waals surface area (Å²) in [5.74, 6) is -0.242. The maximum absolute atomic E-state index is 13.1. The molecule has 0 saturated carbocycles. The molecular formula is C21H23NO3. The van der Waals surface area contributed by atoms with Crippen molar-refractivity contribution in [3.8, 4) is 0 Å². The number of rotatable bonds is 5. The van der Waals surface area contributed by atoms with E-state index in [0.717, 1.165) is 22.3 Å². The molecule has 1 N–H and O–H groups in total. The lowest BCUT2D eigenvalue weighted by atomic mass is 9.76. The van der Waals surface area contributed by atoms with Gasteiger partial charge in [-0.1, -0.05) is 61.0 Å². The van der Waals surface area contributed by atoms with E-state index in [4.69, 9.17) is 5.11 Å². The number of amides is 2. The molecule has 1 fully saturated rings. The van der Waals surface area contributed by atoms with Gasteiger partial charge in [-0.25, -0.2) is 0 Å². The number of hydrogen-bond donors (Lipinski definition) is 1. The first kappa shape index (κ1) is 17.4. The highest BCUT2D eigenvalue weighted by molar-refractivity contribution is 6.09. The highest BCUT2D eigenvalue weighted by Crippen LogP contribution is 2.40. The van der Waals surface area contributed by atoms with Gasteiger partial charge in [0, 0.05) is 6.42 Å². The first-order chi connectivity index (χ1) is 12.0. The monoisotopic (exact) mass is 337 g/mol. The number of carbonyl (C=O) groups is 2. The zero-order valence-corrected chi connectivity index (χ0v) is 14.7. The Bertz CT molecular complexity index is 780. The fourth-order valence-electron chi connectivity index (χ4n) is 3.47. The molecule has 2 amide bonds. The third-order valence-corrected chi connectivity index (χ3v) is 5.16. The minimum Gasteiger partial charge on any atom is -0.392 e. The maximum atomic E-state index is 13.1. The Morgan fingerprint density at radius 2 is 1.60 bits per heavy atom. The van der Waals surface area contributed by atoms with Crippen molar-refractivity contribution in [1.82, 2.24) is 4.90 Å². The van der Waals surface area contributed by atoms with Crippen molar-refractivity contribution in [2.45, 2.75) is 45.3 Å². The van der Waals surface area contributed by atoms with Gasteiger partial charge in [0.05, 0.1) is 18.6 Å². The second kappa shape index (κ2) is 6.81. The van der Waals surface area contributed by atoms with E-state index in [0.29, 0.717) is 6.42 Å². The topological polar surface area (TPSA) is 57.6 Å². The third kappa shape index (κ3) is 3.10. The van der Waals surface area contributed by atoms with Crippen LogP contribution in [-0.2, 0) is 28.2 Å². The molecule has 1 aliphatic heterocycles. The second-order valence-electron chi connectivity index (χ2n) is 6.74. The van der Waals surface area contributed by atoms with Gasteiger partial charge in [-0.2, -0.15) is 0 Å². The van der Waals surface area contributed by atoms with Crippen LogP contribution < -0.4 is 0 Å². The Balaban J connectivity index is 1.88. The molecule has 1 unspecified atom stereocenters. The molecule has 0 aromatic heterocycles.